The van der Waals surface area contributed by atoms with E-state index in [0.717, 1.165) is 36.1 Å². The number of carbonyl (C=O) groups excluding carboxylic acids is 1. The third-order valence-corrected chi connectivity index (χ3v) is 3.99. The summed E-state index contributed by atoms with van der Waals surface area (Å²) in [5, 5.41) is 4.38. The number of nitrogens with zero attached hydrogens (tertiary/aromatic N) is 2. The Balaban J connectivity index is 2.07. The molecule has 0 aliphatic rings. The van der Waals surface area contributed by atoms with E-state index in [9.17, 15) is 22.8 Å². The highest BCUT2D eigenvalue weighted by molar-refractivity contribution is 6.30. The van der Waals surface area contributed by atoms with E-state index < -0.39 is 23.3 Å². The number of rotatable bonds is 4. The number of aromatic nitrogens is 2. The molecule has 1 heterocycles. The van der Waals surface area contributed by atoms with E-state index in [-0.39, 0.29) is 17.2 Å². The third-order valence-electron chi connectivity index (χ3n) is 3.74. The second kappa shape index (κ2) is 7.96. The average molecular weight is 425 g/mol. The molecule has 0 bridgehead atoms. The Labute approximate surface area is 167 Å². The minimum absolute atomic E-state index is 0.226. The van der Waals surface area contributed by atoms with E-state index in [2.05, 4.69) is 9.84 Å². The van der Waals surface area contributed by atoms with Crippen LogP contribution >= 0.6 is 11.6 Å². The molecule has 0 saturated heterocycles. The van der Waals surface area contributed by atoms with Crippen molar-refractivity contribution in [3.8, 4) is 17.2 Å². The molecule has 0 fully saturated rings. The average Bonchev–Trinajstić information content (AvgIpc) is 2.68. The molecule has 0 N–H and O–H groups in total. The first kappa shape index (κ1) is 20.4. The van der Waals surface area contributed by atoms with Crippen LogP contribution in [0.3, 0.4) is 0 Å². The molecule has 150 valence electrons. The van der Waals surface area contributed by atoms with E-state index in [1.165, 1.54) is 30.3 Å². The van der Waals surface area contributed by atoms with Crippen molar-refractivity contribution in [1.82, 2.24) is 9.78 Å². The Morgan fingerprint density at radius 1 is 1.10 bits per heavy atom. The van der Waals surface area contributed by atoms with Gasteiger partial charge >= 0.3 is 12.1 Å². The van der Waals surface area contributed by atoms with Crippen molar-refractivity contribution in [2.75, 3.05) is 7.11 Å². The van der Waals surface area contributed by atoms with Crippen molar-refractivity contribution in [3.05, 3.63) is 81.2 Å². The van der Waals surface area contributed by atoms with E-state index >= 15 is 0 Å². The van der Waals surface area contributed by atoms with Crippen LogP contribution in [0.4, 0.5) is 13.2 Å². The Kier molecular flexibility index (Phi) is 5.60. The summed E-state index contributed by atoms with van der Waals surface area (Å²) < 4.78 is 49.6. The standard InChI is InChI=1S/C19H12ClF3N2O4/c1-28-18(27)17-15(29-14-4-2-3-11(9-14)19(21,22)23)10-16(26)25(24-17)13-7-5-12(20)6-8-13/h2-10H,1H3. The predicted octanol–water partition coefficient (Wildman–Crippen LogP) is 4.48. The second-order valence-electron chi connectivity index (χ2n) is 5.70. The number of hydrogen-bond donors (Lipinski definition) is 0. The Bertz CT molecular complexity index is 1110. The summed E-state index contributed by atoms with van der Waals surface area (Å²) >= 11 is 5.82. The molecule has 6 nitrogen and oxygen atoms in total. The number of hydrogen-bond acceptors (Lipinski definition) is 5. The smallest absolute Gasteiger partial charge is 0.416 e. The fourth-order valence-electron chi connectivity index (χ4n) is 2.39. The third kappa shape index (κ3) is 4.57. The van der Waals surface area contributed by atoms with Crippen molar-refractivity contribution < 1.29 is 27.4 Å². The predicted molar refractivity (Wildman–Crippen MR) is 97.7 cm³/mol. The fourth-order valence-corrected chi connectivity index (χ4v) is 2.51. The molecule has 10 heteroatoms. The van der Waals surface area contributed by atoms with Gasteiger partial charge in [-0.05, 0) is 42.5 Å². The van der Waals surface area contributed by atoms with E-state index in [1.807, 2.05) is 0 Å². The molecule has 0 spiro atoms. The number of halogens is 4. The molecular weight excluding hydrogens is 413 g/mol. The van der Waals surface area contributed by atoms with Gasteiger partial charge < -0.3 is 9.47 Å². The van der Waals surface area contributed by atoms with Crippen molar-refractivity contribution in [2.24, 2.45) is 0 Å². The highest BCUT2D eigenvalue weighted by Crippen LogP contribution is 2.33. The Hall–Kier alpha value is -3.33. The normalized spacial score (nSPS) is 11.2. The van der Waals surface area contributed by atoms with Gasteiger partial charge in [-0.3, -0.25) is 4.79 Å². The fraction of sp³-hybridized carbons (Fsp3) is 0.105. The first-order valence-electron chi connectivity index (χ1n) is 8.03. The largest absolute Gasteiger partial charge is 0.464 e. The van der Waals surface area contributed by atoms with Gasteiger partial charge in [-0.1, -0.05) is 17.7 Å². The zero-order valence-electron chi connectivity index (χ0n) is 14.7. The lowest BCUT2D eigenvalue weighted by Gasteiger charge is -2.13. The quantitative estimate of drug-likeness (QED) is 0.577. The molecular formula is C19H12ClF3N2O4. The van der Waals surface area contributed by atoms with E-state index in [0.29, 0.717) is 10.7 Å². The molecule has 0 aliphatic carbocycles. The first-order valence-corrected chi connectivity index (χ1v) is 8.40. The van der Waals surface area contributed by atoms with Crippen LogP contribution in [0, 0.1) is 0 Å². The summed E-state index contributed by atoms with van der Waals surface area (Å²) in [4.78, 5) is 24.6. The molecule has 0 amide bonds. The van der Waals surface area contributed by atoms with E-state index in [1.54, 1.807) is 0 Å². The van der Waals surface area contributed by atoms with Crippen LogP contribution in [0.5, 0.6) is 11.5 Å². The maximum Gasteiger partial charge on any atom is 0.416 e. The van der Waals surface area contributed by atoms with Crippen LogP contribution in [0.1, 0.15) is 16.1 Å². The molecule has 1 aromatic heterocycles. The Morgan fingerprint density at radius 2 is 1.79 bits per heavy atom. The van der Waals surface area contributed by atoms with Crippen LogP contribution < -0.4 is 10.3 Å². The summed E-state index contributed by atoms with van der Waals surface area (Å²) in [7, 11) is 1.09. The lowest BCUT2D eigenvalue weighted by atomic mass is 10.2. The van der Waals surface area contributed by atoms with Gasteiger partial charge in [0.05, 0.1) is 24.4 Å². The van der Waals surface area contributed by atoms with E-state index in [4.69, 9.17) is 16.3 Å². The molecule has 0 aliphatic heterocycles. The maximum absolute atomic E-state index is 12.9. The van der Waals surface area contributed by atoms with Gasteiger partial charge in [0, 0.05) is 5.02 Å². The van der Waals surface area contributed by atoms with Gasteiger partial charge in [0.2, 0.25) is 5.69 Å². The van der Waals surface area contributed by atoms with Gasteiger partial charge in [0.15, 0.2) is 5.75 Å². The molecule has 0 atom stereocenters. The lowest BCUT2D eigenvalue weighted by molar-refractivity contribution is -0.137. The minimum atomic E-state index is -4.58. The number of carbonyl (C=O) groups is 1. The zero-order chi connectivity index (χ0) is 21.2. The summed E-state index contributed by atoms with van der Waals surface area (Å²) in [6.07, 6.45) is -4.58. The van der Waals surface area contributed by atoms with Gasteiger partial charge in [0.1, 0.15) is 5.75 Å². The summed E-state index contributed by atoms with van der Waals surface area (Å²) in [5.74, 6) is -1.50. The van der Waals surface area contributed by atoms with Crippen molar-refractivity contribution in [2.45, 2.75) is 6.18 Å². The van der Waals surface area contributed by atoms with Crippen molar-refractivity contribution >= 4 is 17.6 Å². The van der Waals surface area contributed by atoms with Crippen LogP contribution in [-0.2, 0) is 10.9 Å². The number of benzene rings is 2. The second-order valence-corrected chi connectivity index (χ2v) is 6.14. The van der Waals surface area contributed by atoms with Gasteiger partial charge in [-0.25, -0.2) is 4.79 Å². The van der Waals surface area contributed by atoms with Gasteiger partial charge in [-0.2, -0.15) is 23.0 Å². The summed E-state index contributed by atoms with van der Waals surface area (Å²) in [5.41, 5.74) is -1.70. The number of esters is 1. The SMILES string of the molecule is COC(=O)c1nn(-c2ccc(Cl)cc2)c(=O)cc1Oc1cccc(C(F)(F)F)c1. The molecule has 0 saturated carbocycles. The first-order chi connectivity index (χ1) is 13.7. The summed E-state index contributed by atoms with van der Waals surface area (Å²) in [6.45, 7) is 0. The molecule has 2 aromatic carbocycles. The number of alkyl halides is 3. The molecule has 0 radical (unpaired) electrons. The highest BCUT2D eigenvalue weighted by Gasteiger charge is 2.31. The van der Waals surface area contributed by atoms with Crippen LogP contribution in [-0.4, -0.2) is 22.9 Å². The maximum atomic E-state index is 12.9. The van der Waals surface area contributed by atoms with Crippen LogP contribution in [0.15, 0.2) is 59.4 Å². The minimum Gasteiger partial charge on any atom is -0.464 e. The monoisotopic (exact) mass is 424 g/mol. The zero-order valence-corrected chi connectivity index (χ0v) is 15.5. The van der Waals surface area contributed by atoms with Crippen LogP contribution in [0.2, 0.25) is 5.02 Å². The highest BCUT2D eigenvalue weighted by atomic mass is 35.5. The van der Waals surface area contributed by atoms with Crippen molar-refractivity contribution in [3.63, 3.8) is 0 Å². The summed E-state index contributed by atoms with van der Waals surface area (Å²) in [6, 6.07) is 11.0. The van der Waals surface area contributed by atoms with Crippen molar-refractivity contribution in [1.29, 1.82) is 0 Å². The molecule has 3 aromatic rings. The number of ether oxygens (including phenoxy) is 2. The number of methoxy groups -OCH3 is 1. The van der Waals surface area contributed by atoms with Gasteiger partial charge in [-0.15, -0.1) is 0 Å². The molecule has 29 heavy (non-hydrogen) atoms. The van der Waals surface area contributed by atoms with Crippen LogP contribution in [0.25, 0.3) is 5.69 Å². The van der Waals surface area contributed by atoms with Gasteiger partial charge in [0.25, 0.3) is 5.56 Å². The molecule has 3 rings (SSSR count). The Morgan fingerprint density at radius 3 is 2.41 bits per heavy atom. The lowest BCUT2D eigenvalue weighted by Crippen LogP contribution is -2.24. The topological polar surface area (TPSA) is 70.4 Å². The molecule has 0 unspecified atom stereocenters.